The molecule has 3 aromatic rings. The summed E-state index contributed by atoms with van der Waals surface area (Å²) >= 11 is 1.43. The van der Waals surface area contributed by atoms with Crippen LogP contribution in [0.4, 0.5) is 11.5 Å². The monoisotopic (exact) mass is 434 g/mol. The molecule has 0 saturated carbocycles. The van der Waals surface area contributed by atoms with E-state index in [4.69, 9.17) is 9.47 Å². The fourth-order valence-corrected chi connectivity index (χ4v) is 3.67. The van der Waals surface area contributed by atoms with Crippen LogP contribution in [0, 0.1) is 11.3 Å². The highest BCUT2D eigenvalue weighted by Gasteiger charge is 2.19. The summed E-state index contributed by atoms with van der Waals surface area (Å²) < 4.78 is 10.8. The number of methoxy groups -OCH3 is 2. The average Bonchev–Trinajstić information content (AvgIpc) is 2.82. The normalized spacial score (nSPS) is 11.5. The van der Waals surface area contributed by atoms with Crippen molar-refractivity contribution in [2.75, 3.05) is 25.8 Å². The fraction of sp³-hybridized carbons (Fsp3) is 0.292. The number of anilines is 2. The minimum atomic E-state index is 0.376. The molecule has 0 aliphatic heterocycles. The average molecular weight is 435 g/mol. The highest BCUT2D eigenvalue weighted by atomic mass is 32.2. The number of rotatable bonds is 8. The third-order valence-electron chi connectivity index (χ3n) is 5.20. The number of nitrogens with zero attached hydrogens (tertiary/aromatic N) is 3. The molecule has 0 radical (unpaired) electrons. The summed E-state index contributed by atoms with van der Waals surface area (Å²) in [6.07, 6.45) is 2.93. The molecule has 1 atom stereocenters. The summed E-state index contributed by atoms with van der Waals surface area (Å²) in [5.74, 6) is 2.05. The highest BCUT2D eigenvalue weighted by Crippen LogP contribution is 2.36. The predicted octanol–water partition coefficient (Wildman–Crippen LogP) is 6.01. The second-order valence-corrected chi connectivity index (χ2v) is 7.76. The van der Waals surface area contributed by atoms with E-state index in [-0.39, 0.29) is 0 Å². The van der Waals surface area contributed by atoms with Crippen LogP contribution in [0.1, 0.15) is 37.3 Å². The second-order valence-electron chi connectivity index (χ2n) is 6.99. The molecule has 0 bridgehead atoms. The smallest absolute Gasteiger partial charge is 0.189 e. The molecule has 0 aliphatic rings. The Balaban J connectivity index is 2.16. The lowest BCUT2D eigenvalue weighted by molar-refractivity contribution is 0.355. The first kappa shape index (κ1) is 22.4. The first-order valence-electron chi connectivity index (χ1n) is 10.0. The minimum Gasteiger partial charge on any atom is -0.493 e. The van der Waals surface area contributed by atoms with Crippen LogP contribution < -0.4 is 14.8 Å². The van der Waals surface area contributed by atoms with Gasteiger partial charge in [0.15, 0.2) is 22.5 Å². The van der Waals surface area contributed by atoms with Crippen molar-refractivity contribution in [3.05, 3.63) is 53.6 Å². The Morgan fingerprint density at radius 2 is 1.84 bits per heavy atom. The fourth-order valence-electron chi connectivity index (χ4n) is 3.31. The van der Waals surface area contributed by atoms with E-state index in [0.717, 1.165) is 17.7 Å². The zero-order valence-corrected chi connectivity index (χ0v) is 19.2. The van der Waals surface area contributed by atoms with Crippen molar-refractivity contribution in [3.8, 4) is 28.8 Å². The Morgan fingerprint density at radius 3 is 2.48 bits per heavy atom. The minimum absolute atomic E-state index is 0.376. The molecule has 31 heavy (non-hydrogen) atoms. The van der Waals surface area contributed by atoms with Crippen LogP contribution in [-0.2, 0) is 0 Å². The second kappa shape index (κ2) is 10.2. The van der Waals surface area contributed by atoms with Crippen LogP contribution in [0.5, 0.6) is 11.5 Å². The molecule has 3 rings (SSSR count). The van der Waals surface area contributed by atoms with Crippen molar-refractivity contribution in [2.24, 2.45) is 0 Å². The van der Waals surface area contributed by atoms with Gasteiger partial charge >= 0.3 is 0 Å². The number of nitriles is 1. The largest absolute Gasteiger partial charge is 0.493 e. The summed E-state index contributed by atoms with van der Waals surface area (Å²) in [6.45, 7) is 4.35. The molecule has 1 heterocycles. The van der Waals surface area contributed by atoms with Crippen LogP contribution in [0.15, 0.2) is 47.6 Å². The number of nitrogens with one attached hydrogen (secondary N) is 1. The maximum Gasteiger partial charge on any atom is 0.189 e. The number of ether oxygens (including phenoxy) is 2. The summed E-state index contributed by atoms with van der Waals surface area (Å²) in [5.41, 5.74) is 3.81. The van der Waals surface area contributed by atoms with Gasteiger partial charge in [-0.05, 0) is 48.4 Å². The van der Waals surface area contributed by atoms with Crippen LogP contribution in [0.3, 0.4) is 0 Å². The van der Waals surface area contributed by atoms with Crippen molar-refractivity contribution in [1.82, 2.24) is 9.97 Å². The SMILES string of the molecule is CCC(C)c1ccccc1Nc1nc(SC)nc(-c2ccc(OC)c(OC)c2)c1C#N. The van der Waals surface area contributed by atoms with Gasteiger partial charge in [-0.25, -0.2) is 9.97 Å². The molecule has 0 saturated heterocycles. The zero-order valence-electron chi connectivity index (χ0n) is 18.4. The van der Waals surface area contributed by atoms with E-state index in [1.54, 1.807) is 14.2 Å². The van der Waals surface area contributed by atoms with Gasteiger partial charge in [-0.2, -0.15) is 5.26 Å². The van der Waals surface area contributed by atoms with Gasteiger partial charge in [-0.15, -0.1) is 0 Å². The van der Waals surface area contributed by atoms with E-state index >= 15 is 0 Å². The van der Waals surface area contributed by atoms with E-state index in [1.807, 2.05) is 42.7 Å². The molecule has 0 amide bonds. The highest BCUT2D eigenvalue weighted by molar-refractivity contribution is 7.98. The first-order chi connectivity index (χ1) is 15.1. The predicted molar refractivity (Wildman–Crippen MR) is 125 cm³/mol. The Hall–Kier alpha value is -3.24. The van der Waals surface area contributed by atoms with Gasteiger partial charge in [0.25, 0.3) is 0 Å². The quantitative estimate of drug-likeness (QED) is 0.343. The van der Waals surface area contributed by atoms with Crippen molar-refractivity contribution in [2.45, 2.75) is 31.3 Å². The Bertz CT molecular complexity index is 1110. The third kappa shape index (κ3) is 4.75. The topological polar surface area (TPSA) is 80.1 Å². The lowest BCUT2D eigenvalue weighted by Crippen LogP contribution is -2.06. The van der Waals surface area contributed by atoms with Crippen LogP contribution in [-0.4, -0.2) is 30.4 Å². The molecule has 0 aliphatic carbocycles. The molecular weight excluding hydrogens is 408 g/mol. The molecule has 1 N–H and O–H groups in total. The maximum atomic E-state index is 10.0. The third-order valence-corrected chi connectivity index (χ3v) is 5.74. The summed E-state index contributed by atoms with van der Waals surface area (Å²) in [7, 11) is 3.17. The van der Waals surface area contributed by atoms with E-state index in [2.05, 4.69) is 41.3 Å². The molecule has 6 nitrogen and oxygen atoms in total. The van der Waals surface area contributed by atoms with E-state index in [9.17, 15) is 5.26 Å². The van der Waals surface area contributed by atoms with Crippen LogP contribution in [0.2, 0.25) is 0 Å². The van der Waals surface area contributed by atoms with E-state index in [0.29, 0.717) is 39.6 Å². The number of benzene rings is 2. The van der Waals surface area contributed by atoms with Gasteiger partial charge in [-0.1, -0.05) is 43.8 Å². The van der Waals surface area contributed by atoms with Crippen LogP contribution >= 0.6 is 11.8 Å². The van der Waals surface area contributed by atoms with Crippen molar-refractivity contribution < 1.29 is 9.47 Å². The molecular formula is C24H26N4O2S. The molecule has 7 heteroatoms. The molecule has 0 fully saturated rings. The maximum absolute atomic E-state index is 10.0. The lowest BCUT2D eigenvalue weighted by Gasteiger charge is -2.18. The van der Waals surface area contributed by atoms with Crippen molar-refractivity contribution in [1.29, 1.82) is 5.26 Å². The summed E-state index contributed by atoms with van der Waals surface area (Å²) in [6, 6.07) is 15.9. The first-order valence-corrected chi connectivity index (χ1v) is 11.2. The number of aromatic nitrogens is 2. The zero-order chi connectivity index (χ0) is 22.4. The van der Waals surface area contributed by atoms with Crippen molar-refractivity contribution >= 4 is 23.3 Å². The number of hydrogen-bond acceptors (Lipinski definition) is 7. The Labute approximate surface area is 187 Å². The van der Waals surface area contributed by atoms with Gasteiger partial charge in [0.1, 0.15) is 11.6 Å². The lowest BCUT2D eigenvalue weighted by atomic mass is 9.96. The van der Waals surface area contributed by atoms with Gasteiger partial charge in [0.05, 0.1) is 19.9 Å². The Kier molecular flexibility index (Phi) is 7.37. The molecule has 1 aromatic heterocycles. The Morgan fingerprint density at radius 1 is 1.10 bits per heavy atom. The summed E-state index contributed by atoms with van der Waals surface area (Å²) in [5, 5.41) is 14.0. The molecule has 160 valence electrons. The number of para-hydroxylation sites is 1. The van der Waals surface area contributed by atoms with Gasteiger partial charge in [0.2, 0.25) is 0 Å². The summed E-state index contributed by atoms with van der Waals surface area (Å²) in [4.78, 5) is 9.24. The molecule has 1 unspecified atom stereocenters. The van der Waals surface area contributed by atoms with Gasteiger partial charge in [0, 0.05) is 11.3 Å². The van der Waals surface area contributed by atoms with E-state index < -0.39 is 0 Å². The number of thioether (sulfide) groups is 1. The molecule has 2 aromatic carbocycles. The van der Waals surface area contributed by atoms with Crippen molar-refractivity contribution in [3.63, 3.8) is 0 Å². The van der Waals surface area contributed by atoms with Gasteiger partial charge < -0.3 is 14.8 Å². The standard InChI is InChI=1S/C24H26N4O2S/c1-6-15(2)17-9-7-8-10-19(17)26-23-18(14-25)22(27-24(28-23)31-5)16-11-12-20(29-3)21(13-16)30-4/h7-13,15H,6H2,1-5H3,(H,26,27,28). The molecule has 0 spiro atoms. The van der Waals surface area contributed by atoms with E-state index in [1.165, 1.54) is 17.3 Å². The van der Waals surface area contributed by atoms with Gasteiger partial charge in [-0.3, -0.25) is 0 Å². The number of hydrogen-bond donors (Lipinski definition) is 1. The van der Waals surface area contributed by atoms with Crippen LogP contribution in [0.25, 0.3) is 11.3 Å².